The monoisotopic (exact) mass is 496 g/mol. The fourth-order valence-electron chi connectivity index (χ4n) is 4.62. The minimum Gasteiger partial charge on any atom is -0.389 e. The highest BCUT2D eigenvalue weighted by atomic mass is 19.4. The molecule has 3 rings (SSSR count). The fourth-order valence-corrected chi connectivity index (χ4v) is 4.62. The van der Waals surface area contributed by atoms with E-state index in [2.05, 4.69) is 5.73 Å². The molecular weight excluding hydrogens is 468 g/mol. The van der Waals surface area contributed by atoms with Crippen LogP contribution in [0, 0.1) is 5.92 Å². The zero-order chi connectivity index (χ0) is 25.3. The number of rotatable bonds is 4. The second kappa shape index (κ2) is 9.73. The number of carbonyl (C=O) groups is 2. The van der Waals surface area contributed by atoms with Crippen LogP contribution in [0.5, 0.6) is 0 Å². The van der Waals surface area contributed by atoms with Gasteiger partial charge in [-0.25, -0.2) is 0 Å². The van der Waals surface area contributed by atoms with Crippen LogP contribution in [0.1, 0.15) is 56.1 Å². The number of likely N-dealkylation sites (tertiary alicyclic amines) is 1. The quantitative estimate of drug-likeness (QED) is 0.559. The molecule has 2 aliphatic rings. The van der Waals surface area contributed by atoms with Crippen LogP contribution in [0.3, 0.4) is 0 Å². The van der Waals surface area contributed by atoms with E-state index in [9.17, 15) is 41.0 Å². The molecule has 1 aromatic rings. The summed E-state index contributed by atoms with van der Waals surface area (Å²) in [5.41, 5.74) is -1.23. The summed E-state index contributed by atoms with van der Waals surface area (Å²) in [6, 6.07) is 0.829. The number of alkyl halides is 6. The third-order valence-corrected chi connectivity index (χ3v) is 6.59. The predicted octanol–water partition coefficient (Wildman–Crippen LogP) is 3.21. The molecule has 1 aliphatic carbocycles. The topological polar surface area (TPSA) is 97.3 Å². The number of anilines is 1. The number of amides is 2. The van der Waals surface area contributed by atoms with Gasteiger partial charge in [0, 0.05) is 25.2 Å². The van der Waals surface area contributed by atoms with Gasteiger partial charge in [-0.1, -0.05) is 6.42 Å². The lowest BCUT2D eigenvalue weighted by Crippen LogP contribution is -2.67. The smallest absolute Gasteiger partial charge is 0.389 e. The molecule has 1 heterocycles. The van der Waals surface area contributed by atoms with Crippen molar-refractivity contribution < 1.29 is 46.8 Å². The first-order valence-corrected chi connectivity index (χ1v) is 11.1. The van der Waals surface area contributed by atoms with Gasteiger partial charge in [0.2, 0.25) is 11.8 Å². The van der Waals surface area contributed by atoms with Crippen molar-refractivity contribution in [3.05, 3.63) is 29.3 Å². The highest BCUT2D eigenvalue weighted by molar-refractivity contribution is 5.91. The van der Waals surface area contributed by atoms with Gasteiger partial charge in [0.15, 0.2) is 0 Å². The molecule has 1 aromatic carbocycles. The largest absolute Gasteiger partial charge is 0.416 e. The number of hydrogen-bond donors (Lipinski definition) is 3. The molecule has 0 aromatic heterocycles. The molecule has 5 N–H and O–H groups in total. The molecule has 190 valence electrons. The van der Waals surface area contributed by atoms with Crippen molar-refractivity contribution in [3.63, 3.8) is 0 Å². The summed E-state index contributed by atoms with van der Waals surface area (Å²) in [5, 5.41) is 12.8. The van der Waals surface area contributed by atoms with E-state index in [1.54, 1.807) is 4.90 Å². The summed E-state index contributed by atoms with van der Waals surface area (Å²) in [5.74, 6) is -1.12. The van der Waals surface area contributed by atoms with Crippen LogP contribution in [0.15, 0.2) is 18.2 Å². The molecule has 2 fully saturated rings. The first kappa shape index (κ1) is 26.3. The van der Waals surface area contributed by atoms with Crippen molar-refractivity contribution in [1.82, 2.24) is 4.90 Å². The maximum absolute atomic E-state index is 13.0. The average molecular weight is 496 g/mol. The molecule has 2 amide bonds. The van der Waals surface area contributed by atoms with Crippen molar-refractivity contribution in [3.8, 4) is 0 Å². The Hall–Kier alpha value is -2.34. The van der Waals surface area contributed by atoms with Crippen LogP contribution in [-0.2, 0) is 21.9 Å². The molecular formula is C22H28F6N3O3+. The zero-order valence-electron chi connectivity index (χ0n) is 18.4. The molecule has 0 radical (unpaired) electrons. The van der Waals surface area contributed by atoms with E-state index in [-0.39, 0.29) is 49.9 Å². The number of hydrogen-bond acceptors (Lipinski definition) is 3. The van der Waals surface area contributed by atoms with Gasteiger partial charge in [0.05, 0.1) is 35.1 Å². The van der Waals surface area contributed by atoms with Gasteiger partial charge in [0.1, 0.15) is 0 Å². The van der Waals surface area contributed by atoms with Crippen LogP contribution < -0.4 is 11.1 Å². The normalized spacial score (nSPS) is 23.5. The standard InChI is InChI=1S/C22H27F6N3O3/c23-21(24,25)13-9-14(22(26,27)28)11-15(10-13)30-18(32)12-20(34)5-7-31(8-6-20)19(33)16-3-1-2-4-17(16)29/h9-11,16-17,34H,1-8,12,29H2,(H,30,32)/p+1/t16-,17+/m0/s1. The molecule has 1 aliphatic heterocycles. The number of halogens is 6. The van der Waals surface area contributed by atoms with Gasteiger partial charge in [-0.05, 0) is 43.9 Å². The Labute approximate surface area is 192 Å². The van der Waals surface area contributed by atoms with Gasteiger partial charge in [0.25, 0.3) is 0 Å². The van der Waals surface area contributed by atoms with E-state index in [1.807, 2.05) is 5.32 Å². The number of quaternary nitrogens is 1. The fraction of sp³-hybridized carbons (Fsp3) is 0.636. The lowest BCUT2D eigenvalue weighted by Gasteiger charge is -2.40. The summed E-state index contributed by atoms with van der Waals surface area (Å²) in [7, 11) is 0. The third-order valence-electron chi connectivity index (χ3n) is 6.59. The summed E-state index contributed by atoms with van der Waals surface area (Å²) >= 11 is 0. The Morgan fingerprint density at radius 1 is 1.00 bits per heavy atom. The maximum atomic E-state index is 13.0. The summed E-state index contributed by atoms with van der Waals surface area (Å²) in [6.07, 6.45) is -6.85. The first-order valence-electron chi connectivity index (χ1n) is 11.1. The number of piperidine rings is 1. The third kappa shape index (κ3) is 6.41. The first-order chi connectivity index (χ1) is 15.7. The van der Waals surface area contributed by atoms with Gasteiger partial charge in [-0.15, -0.1) is 0 Å². The Morgan fingerprint density at radius 3 is 2.03 bits per heavy atom. The molecule has 0 spiro atoms. The summed E-state index contributed by atoms with van der Waals surface area (Å²) in [4.78, 5) is 26.8. The molecule has 6 nitrogen and oxygen atoms in total. The van der Waals surface area contributed by atoms with Crippen LogP contribution in [0.2, 0.25) is 0 Å². The molecule has 1 saturated carbocycles. The minimum absolute atomic E-state index is 0.0291. The lowest BCUT2D eigenvalue weighted by molar-refractivity contribution is -0.434. The molecule has 0 unspecified atom stereocenters. The van der Waals surface area contributed by atoms with Crippen LogP contribution >= 0.6 is 0 Å². The average Bonchev–Trinajstić information content (AvgIpc) is 2.72. The molecule has 2 atom stereocenters. The van der Waals surface area contributed by atoms with Gasteiger partial charge in [-0.3, -0.25) is 9.59 Å². The second-order valence-electron chi connectivity index (χ2n) is 9.22. The number of nitrogens with one attached hydrogen (secondary N) is 1. The van der Waals surface area contributed by atoms with E-state index in [0.29, 0.717) is 12.1 Å². The molecule has 1 saturated heterocycles. The number of aliphatic hydroxyl groups is 1. The van der Waals surface area contributed by atoms with Crippen molar-refractivity contribution in [2.75, 3.05) is 18.4 Å². The molecule has 34 heavy (non-hydrogen) atoms. The highest BCUT2D eigenvalue weighted by Crippen LogP contribution is 2.38. The Morgan fingerprint density at radius 2 is 1.53 bits per heavy atom. The van der Waals surface area contributed by atoms with Crippen molar-refractivity contribution in [2.24, 2.45) is 5.92 Å². The van der Waals surface area contributed by atoms with Crippen molar-refractivity contribution >= 4 is 17.5 Å². The van der Waals surface area contributed by atoms with Crippen LogP contribution in [-0.4, -0.2) is 46.6 Å². The molecule has 12 heteroatoms. The summed E-state index contributed by atoms with van der Waals surface area (Å²) < 4.78 is 78.1. The van der Waals surface area contributed by atoms with Gasteiger partial charge >= 0.3 is 12.4 Å². The Balaban J connectivity index is 1.62. The van der Waals surface area contributed by atoms with E-state index in [4.69, 9.17) is 0 Å². The predicted molar refractivity (Wildman–Crippen MR) is 109 cm³/mol. The SMILES string of the molecule is [NH3+][C@@H]1CCCC[C@@H]1C(=O)N1CCC(O)(CC(=O)Nc2cc(C(F)(F)F)cc(C(F)(F)F)c2)CC1. The molecule has 0 bridgehead atoms. The Bertz CT molecular complexity index is 878. The van der Waals surface area contributed by atoms with E-state index >= 15 is 0 Å². The van der Waals surface area contributed by atoms with E-state index < -0.39 is 47.1 Å². The minimum atomic E-state index is -5.04. The number of benzene rings is 1. The Kier molecular flexibility index (Phi) is 7.51. The van der Waals surface area contributed by atoms with Gasteiger partial charge < -0.3 is 21.1 Å². The number of carbonyl (C=O) groups excluding carboxylic acids is 2. The van der Waals surface area contributed by atoms with Gasteiger partial charge in [-0.2, -0.15) is 26.3 Å². The van der Waals surface area contributed by atoms with Crippen LogP contribution in [0.4, 0.5) is 32.0 Å². The van der Waals surface area contributed by atoms with Crippen molar-refractivity contribution in [2.45, 2.75) is 68.9 Å². The lowest BCUT2D eigenvalue weighted by atomic mass is 9.82. The second-order valence-corrected chi connectivity index (χ2v) is 9.22. The van der Waals surface area contributed by atoms with Crippen molar-refractivity contribution in [1.29, 1.82) is 0 Å². The summed E-state index contributed by atoms with van der Waals surface area (Å²) in [6.45, 7) is 0.404. The highest BCUT2D eigenvalue weighted by Gasteiger charge is 2.40. The zero-order valence-corrected chi connectivity index (χ0v) is 18.4. The van der Waals surface area contributed by atoms with Crippen LogP contribution in [0.25, 0.3) is 0 Å². The van der Waals surface area contributed by atoms with E-state index in [1.165, 1.54) is 0 Å². The van der Waals surface area contributed by atoms with E-state index in [0.717, 1.165) is 25.7 Å². The maximum Gasteiger partial charge on any atom is 0.416 e. The number of nitrogens with zero attached hydrogens (tertiary/aromatic N) is 1.